The largest absolute Gasteiger partial charge is 0.497 e. The maximum absolute atomic E-state index is 14.1. The molecule has 19 heavy (non-hydrogen) atoms. The molecule has 1 N–H and O–H groups in total. The molecular formula is C15H16FNO2. The number of hydrogen-bond acceptors (Lipinski definition) is 2. The van der Waals surface area contributed by atoms with Crippen LogP contribution in [0.15, 0.2) is 29.1 Å². The van der Waals surface area contributed by atoms with Crippen molar-refractivity contribution in [2.45, 2.75) is 20.3 Å². The van der Waals surface area contributed by atoms with E-state index >= 15 is 0 Å². The predicted molar refractivity (Wildman–Crippen MR) is 73.1 cm³/mol. The van der Waals surface area contributed by atoms with Crippen LogP contribution in [-0.4, -0.2) is 12.1 Å². The van der Waals surface area contributed by atoms with Crippen molar-refractivity contribution in [3.05, 3.63) is 51.6 Å². The summed E-state index contributed by atoms with van der Waals surface area (Å²) in [5, 5.41) is 0. The maximum Gasteiger partial charge on any atom is 0.251 e. The number of pyridine rings is 1. The van der Waals surface area contributed by atoms with Crippen LogP contribution in [0.25, 0.3) is 11.3 Å². The van der Waals surface area contributed by atoms with Gasteiger partial charge in [-0.25, -0.2) is 4.39 Å². The molecule has 4 heteroatoms. The highest BCUT2D eigenvalue weighted by Gasteiger charge is 2.12. The van der Waals surface area contributed by atoms with Crippen LogP contribution in [0.4, 0.5) is 4.39 Å². The summed E-state index contributed by atoms with van der Waals surface area (Å²) in [6, 6.07) is 6.41. The highest BCUT2D eigenvalue weighted by molar-refractivity contribution is 5.65. The van der Waals surface area contributed by atoms with Gasteiger partial charge in [0, 0.05) is 17.2 Å². The highest BCUT2D eigenvalue weighted by atomic mass is 19.1. The van der Waals surface area contributed by atoms with Crippen molar-refractivity contribution in [2.24, 2.45) is 0 Å². The van der Waals surface area contributed by atoms with Gasteiger partial charge < -0.3 is 9.72 Å². The normalized spacial score (nSPS) is 10.5. The summed E-state index contributed by atoms with van der Waals surface area (Å²) in [7, 11) is 1.49. The fraction of sp³-hybridized carbons (Fsp3) is 0.267. The zero-order valence-electron chi connectivity index (χ0n) is 11.2. The van der Waals surface area contributed by atoms with Crippen LogP contribution in [0.1, 0.15) is 18.1 Å². The van der Waals surface area contributed by atoms with Crippen LogP contribution >= 0.6 is 0 Å². The minimum absolute atomic E-state index is 0.192. The first-order chi connectivity index (χ1) is 9.06. The third-order valence-electron chi connectivity index (χ3n) is 3.14. The summed E-state index contributed by atoms with van der Waals surface area (Å²) < 4.78 is 19.0. The van der Waals surface area contributed by atoms with Crippen molar-refractivity contribution >= 4 is 0 Å². The second-order valence-corrected chi connectivity index (χ2v) is 4.38. The second kappa shape index (κ2) is 5.26. The molecule has 0 fully saturated rings. The van der Waals surface area contributed by atoms with Gasteiger partial charge in [0.1, 0.15) is 11.6 Å². The lowest BCUT2D eigenvalue weighted by Crippen LogP contribution is -2.12. The quantitative estimate of drug-likeness (QED) is 0.922. The molecule has 0 atom stereocenters. The Hall–Kier alpha value is -2.10. The molecule has 0 spiro atoms. The van der Waals surface area contributed by atoms with E-state index in [9.17, 15) is 9.18 Å². The van der Waals surface area contributed by atoms with E-state index < -0.39 is 5.82 Å². The SMILES string of the molecule is CCc1cc(C)c(=O)[nH]c1-c1ccc(OC)cc1F. The number of benzene rings is 1. The van der Waals surface area contributed by atoms with Gasteiger partial charge >= 0.3 is 0 Å². The molecule has 2 rings (SSSR count). The molecule has 0 bridgehead atoms. The van der Waals surface area contributed by atoms with Crippen molar-refractivity contribution in [3.63, 3.8) is 0 Å². The van der Waals surface area contributed by atoms with Gasteiger partial charge in [0.25, 0.3) is 5.56 Å². The molecule has 3 nitrogen and oxygen atoms in total. The molecular weight excluding hydrogens is 245 g/mol. The smallest absolute Gasteiger partial charge is 0.251 e. The van der Waals surface area contributed by atoms with Gasteiger partial charge in [0.05, 0.1) is 12.8 Å². The molecule has 1 aromatic heterocycles. The van der Waals surface area contributed by atoms with Crippen LogP contribution in [-0.2, 0) is 6.42 Å². The Kier molecular flexibility index (Phi) is 3.69. The molecule has 2 aromatic rings. The molecule has 0 aliphatic carbocycles. The molecule has 1 heterocycles. The van der Waals surface area contributed by atoms with E-state index in [1.807, 2.05) is 6.92 Å². The number of methoxy groups -OCH3 is 1. The van der Waals surface area contributed by atoms with Crippen molar-refractivity contribution in [1.29, 1.82) is 0 Å². The van der Waals surface area contributed by atoms with Gasteiger partial charge in [0.15, 0.2) is 0 Å². The summed E-state index contributed by atoms with van der Waals surface area (Å²) in [6.07, 6.45) is 0.721. The van der Waals surface area contributed by atoms with Crippen LogP contribution in [0.3, 0.4) is 0 Å². The van der Waals surface area contributed by atoms with E-state index in [2.05, 4.69) is 4.98 Å². The van der Waals surface area contributed by atoms with E-state index in [0.717, 1.165) is 12.0 Å². The third kappa shape index (κ3) is 2.52. The number of hydrogen-bond donors (Lipinski definition) is 1. The van der Waals surface area contributed by atoms with Crippen LogP contribution in [0.2, 0.25) is 0 Å². The average molecular weight is 261 g/mol. The maximum atomic E-state index is 14.1. The first kappa shape index (κ1) is 13.3. The third-order valence-corrected chi connectivity index (χ3v) is 3.14. The topological polar surface area (TPSA) is 42.1 Å². The number of nitrogens with one attached hydrogen (secondary N) is 1. The Morgan fingerprint density at radius 1 is 1.32 bits per heavy atom. The molecule has 1 aromatic carbocycles. The molecule has 0 saturated heterocycles. The molecule has 0 amide bonds. The Morgan fingerprint density at radius 3 is 2.63 bits per heavy atom. The zero-order valence-corrected chi connectivity index (χ0v) is 11.2. The summed E-state index contributed by atoms with van der Waals surface area (Å²) in [4.78, 5) is 14.5. The summed E-state index contributed by atoms with van der Waals surface area (Å²) >= 11 is 0. The Labute approximate surface area is 111 Å². The molecule has 0 radical (unpaired) electrons. The average Bonchev–Trinajstić information content (AvgIpc) is 2.41. The summed E-state index contributed by atoms with van der Waals surface area (Å²) in [6.45, 7) is 3.71. The van der Waals surface area contributed by atoms with Gasteiger partial charge in [-0.15, -0.1) is 0 Å². The van der Waals surface area contributed by atoms with Crippen molar-refractivity contribution in [3.8, 4) is 17.0 Å². The predicted octanol–water partition coefficient (Wildman–Crippen LogP) is 3.06. The standard InChI is InChI=1S/C15H16FNO2/c1-4-10-7-9(2)15(18)17-14(10)12-6-5-11(19-3)8-13(12)16/h5-8H,4H2,1-3H3,(H,17,18). The number of ether oxygens (including phenoxy) is 1. The van der Waals surface area contributed by atoms with Gasteiger partial charge in [-0.3, -0.25) is 4.79 Å². The van der Waals surface area contributed by atoms with E-state index in [4.69, 9.17) is 4.74 Å². The van der Waals surface area contributed by atoms with Gasteiger partial charge in [-0.05, 0) is 37.1 Å². The lowest BCUT2D eigenvalue weighted by molar-refractivity contribution is 0.411. The molecule has 100 valence electrons. The second-order valence-electron chi connectivity index (χ2n) is 4.38. The Morgan fingerprint density at radius 2 is 2.05 bits per heavy atom. The highest BCUT2D eigenvalue weighted by Crippen LogP contribution is 2.27. The molecule has 0 aliphatic heterocycles. The van der Waals surface area contributed by atoms with Crippen LogP contribution < -0.4 is 10.3 Å². The van der Waals surface area contributed by atoms with E-state index in [1.165, 1.54) is 13.2 Å². The van der Waals surface area contributed by atoms with Crippen LogP contribution in [0, 0.1) is 12.7 Å². The monoisotopic (exact) mass is 261 g/mol. The fourth-order valence-corrected chi connectivity index (χ4v) is 2.04. The number of aryl methyl sites for hydroxylation is 2. The number of rotatable bonds is 3. The Balaban J connectivity index is 2.64. The number of aromatic amines is 1. The number of aromatic nitrogens is 1. The molecule has 0 unspecified atom stereocenters. The van der Waals surface area contributed by atoms with E-state index in [-0.39, 0.29) is 5.56 Å². The molecule has 0 aliphatic rings. The lowest BCUT2D eigenvalue weighted by Gasteiger charge is -2.11. The molecule has 0 saturated carbocycles. The van der Waals surface area contributed by atoms with Gasteiger partial charge in [-0.2, -0.15) is 0 Å². The fourth-order valence-electron chi connectivity index (χ4n) is 2.04. The van der Waals surface area contributed by atoms with Gasteiger partial charge in [0.2, 0.25) is 0 Å². The van der Waals surface area contributed by atoms with Gasteiger partial charge in [-0.1, -0.05) is 6.92 Å². The van der Waals surface area contributed by atoms with Crippen molar-refractivity contribution < 1.29 is 9.13 Å². The Bertz CT molecular complexity index is 662. The first-order valence-corrected chi connectivity index (χ1v) is 6.13. The van der Waals surface area contributed by atoms with Crippen LogP contribution in [0.5, 0.6) is 5.75 Å². The summed E-state index contributed by atoms with van der Waals surface area (Å²) in [5.74, 6) is 0.0438. The minimum Gasteiger partial charge on any atom is -0.497 e. The first-order valence-electron chi connectivity index (χ1n) is 6.13. The van der Waals surface area contributed by atoms with E-state index in [1.54, 1.807) is 25.1 Å². The lowest BCUT2D eigenvalue weighted by atomic mass is 10.0. The van der Waals surface area contributed by atoms with Crippen molar-refractivity contribution in [1.82, 2.24) is 4.98 Å². The number of H-pyrrole nitrogens is 1. The zero-order chi connectivity index (χ0) is 14.0. The van der Waals surface area contributed by atoms with E-state index in [0.29, 0.717) is 22.6 Å². The summed E-state index contributed by atoms with van der Waals surface area (Å²) in [5.41, 5.74) is 2.28. The number of halogens is 1. The minimum atomic E-state index is -0.409. The van der Waals surface area contributed by atoms with Crippen molar-refractivity contribution in [2.75, 3.05) is 7.11 Å².